The molecule has 8 heteroatoms. The number of ether oxygens (including phenoxy) is 3. The Morgan fingerprint density at radius 2 is 2.06 bits per heavy atom. The van der Waals surface area contributed by atoms with E-state index in [0.29, 0.717) is 32.4 Å². The minimum Gasteiger partial charge on any atom is -0.491 e. The fourth-order valence-electron chi connectivity index (χ4n) is 3.49. The molecule has 0 atom stereocenters. The van der Waals surface area contributed by atoms with Crippen LogP contribution >= 0.6 is 0 Å². The summed E-state index contributed by atoms with van der Waals surface area (Å²) in [6.45, 7) is 3.58. The Bertz CT molecular complexity index is 1090. The van der Waals surface area contributed by atoms with Crippen molar-refractivity contribution in [3.8, 4) is 17.0 Å². The van der Waals surface area contributed by atoms with Gasteiger partial charge in [0.05, 0.1) is 25.5 Å². The molecule has 1 N–H and O–H groups in total. The fraction of sp³-hybridized carbons (Fsp3) is 0.320. The van der Waals surface area contributed by atoms with E-state index in [1.165, 1.54) is 0 Å². The van der Waals surface area contributed by atoms with Crippen LogP contribution in [0.1, 0.15) is 11.1 Å². The van der Waals surface area contributed by atoms with E-state index in [1.807, 2.05) is 36.5 Å². The predicted molar refractivity (Wildman–Crippen MR) is 127 cm³/mol. The molecule has 3 aromatic rings. The molecule has 0 spiro atoms. The summed E-state index contributed by atoms with van der Waals surface area (Å²) in [5.74, 6) is 1.36. The van der Waals surface area contributed by atoms with Crippen LogP contribution in [-0.4, -0.2) is 60.4 Å². The SMILES string of the molecule is COCCOc1ccc2cc1CN(C)C/C=C/COCc1cncc(c1)-c1ccnc(n1)N2. The molecular weight excluding hydrogens is 418 g/mol. The Morgan fingerprint density at radius 3 is 2.97 bits per heavy atom. The van der Waals surface area contributed by atoms with Crippen molar-refractivity contribution < 1.29 is 14.2 Å². The summed E-state index contributed by atoms with van der Waals surface area (Å²) in [5, 5.41) is 3.33. The molecule has 2 aromatic heterocycles. The second-order valence-corrected chi connectivity index (χ2v) is 7.82. The zero-order chi connectivity index (χ0) is 22.9. The first-order chi connectivity index (χ1) is 16.2. The number of nitrogens with zero attached hydrogens (tertiary/aromatic N) is 4. The van der Waals surface area contributed by atoms with Gasteiger partial charge in [-0.15, -0.1) is 0 Å². The highest BCUT2D eigenvalue weighted by atomic mass is 16.5. The summed E-state index contributed by atoms with van der Waals surface area (Å²) >= 11 is 0. The molecule has 1 aliphatic heterocycles. The first-order valence-corrected chi connectivity index (χ1v) is 10.9. The second-order valence-electron chi connectivity index (χ2n) is 7.82. The third-order valence-corrected chi connectivity index (χ3v) is 5.11. The third kappa shape index (κ3) is 6.58. The molecule has 0 fully saturated rings. The van der Waals surface area contributed by atoms with Crippen molar-refractivity contribution in [3.63, 3.8) is 0 Å². The summed E-state index contributed by atoms with van der Waals surface area (Å²) in [5.41, 5.74) is 4.68. The van der Waals surface area contributed by atoms with Gasteiger partial charge in [0, 0.05) is 55.6 Å². The first kappa shape index (κ1) is 22.8. The number of hydrogen-bond acceptors (Lipinski definition) is 8. The van der Waals surface area contributed by atoms with Crippen LogP contribution in [-0.2, 0) is 22.6 Å². The molecule has 0 aliphatic carbocycles. The van der Waals surface area contributed by atoms with Gasteiger partial charge in [0.15, 0.2) is 0 Å². The number of hydrogen-bond donors (Lipinski definition) is 1. The molecular formula is C25H29N5O3. The minimum atomic E-state index is 0.490. The maximum Gasteiger partial charge on any atom is 0.227 e. The Kier molecular flexibility index (Phi) is 7.97. The van der Waals surface area contributed by atoms with Crippen molar-refractivity contribution in [1.29, 1.82) is 0 Å². The summed E-state index contributed by atoms with van der Waals surface area (Å²) in [6, 6.07) is 9.94. The number of pyridine rings is 1. The minimum absolute atomic E-state index is 0.490. The van der Waals surface area contributed by atoms with E-state index in [4.69, 9.17) is 14.2 Å². The lowest BCUT2D eigenvalue weighted by Crippen LogP contribution is -2.19. The number of rotatable bonds is 4. The van der Waals surface area contributed by atoms with Crippen molar-refractivity contribution in [1.82, 2.24) is 19.9 Å². The van der Waals surface area contributed by atoms with Crippen LogP contribution in [0.2, 0.25) is 0 Å². The van der Waals surface area contributed by atoms with Gasteiger partial charge in [-0.3, -0.25) is 9.88 Å². The zero-order valence-corrected chi connectivity index (χ0v) is 19.0. The molecule has 1 aliphatic rings. The lowest BCUT2D eigenvalue weighted by molar-refractivity contribution is 0.145. The van der Waals surface area contributed by atoms with E-state index in [2.05, 4.69) is 44.4 Å². The highest BCUT2D eigenvalue weighted by molar-refractivity contribution is 5.62. The summed E-state index contributed by atoms with van der Waals surface area (Å²) in [4.78, 5) is 15.7. The number of anilines is 2. The molecule has 4 rings (SSSR count). The molecule has 172 valence electrons. The van der Waals surface area contributed by atoms with Crippen LogP contribution < -0.4 is 10.1 Å². The van der Waals surface area contributed by atoms with Crippen LogP contribution in [0.4, 0.5) is 11.6 Å². The standard InChI is InChI=1S/C25H29N5O3/c1-30-9-3-4-10-32-18-19-13-20(16-26-15-19)23-7-8-27-25(29-23)28-22-5-6-24(21(14-22)17-30)33-12-11-31-2/h3-8,13-16H,9-12,17-18H2,1-2H3,(H,27,28,29)/b4-3+. The number of fused-ring (bicyclic) bond motifs is 7. The molecule has 0 saturated heterocycles. The van der Waals surface area contributed by atoms with Gasteiger partial charge in [-0.05, 0) is 42.9 Å². The van der Waals surface area contributed by atoms with Crippen LogP contribution in [0.5, 0.6) is 5.75 Å². The van der Waals surface area contributed by atoms with Crippen LogP contribution in [0, 0.1) is 0 Å². The van der Waals surface area contributed by atoms with E-state index < -0.39 is 0 Å². The van der Waals surface area contributed by atoms with Gasteiger partial charge in [-0.25, -0.2) is 9.97 Å². The Morgan fingerprint density at radius 1 is 1.12 bits per heavy atom. The van der Waals surface area contributed by atoms with Gasteiger partial charge in [0.1, 0.15) is 12.4 Å². The largest absolute Gasteiger partial charge is 0.491 e. The molecule has 3 heterocycles. The lowest BCUT2D eigenvalue weighted by atomic mass is 10.1. The maximum atomic E-state index is 5.95. The average Bonchev–Trinajstić information content (AvgIpc) is 2.82. The number of methoxy groups -OCH3 is 1. The van der Waals surface area contributed by atoms with Crippen molar-refractivity contribution >= 4 is 11.6 Å². The van der Waals surface area contributed by atoms with Crippen LogP contribution in [0.25, 0.3) is 11.3 Å². The highest BCUT2D eigenvalue weighted by Crippen LogP contribution is 2.26. The normalized spacial score (nSPS) is 15.7. The van der Waals surface area contributed by atoms with Crippen molar-refractivity contribution in [3.05, 3.63) is 72.2 Å². The molecule has 0 radical (unpaired) electrons. The van der Waals surface area contributed by atoms with Crippen LogP contribution in [0.15, 0.2) is 61.1 Å². The molecule has 1 aromatic carbocycles. The van der Waals surface area contributed by atoms with E-state index in [9.17, 15) is 0 Å². The number of likely N-dealkylation sites (N-methyl/N-ethyl adjacent to an activating group) is 1. The Balaban J connectivity index is 1.65. The van der Waals surface area contributed by atoms with Gasteiger partial charge in [0.25, 0.3) is 0 Å². The van der Waals surface area contributed by atoms with E-state index >= 15 is 0 Å². The average molecular weight is 448 g/mol. The maximum absolute atomic E-state index is 5.95. The van der Waals surface area contributed by atoms with Gasteiger partial charge >= 0.3 is 0 Å². The highest BCUT2D eigenvalue weighted by Gasteiger charge is 2.11. The quantitative estimate of drug-likeness (QED) is 0.477. The first-order valence-electron chi connectivity index (χ1n) is 10.9. The van der Waals surface area contributed by atoms with Gasteiger partial charge in [0.2, 0.25) is 5.95 Å². The summed E-state index contributed by atoms with van der Waals surface area (Å²) < 4.78 is 16.9. The lowest BCUT2D eigenvalue weighted by Gasteiger charge is -2.19. The molecule has 0 amide bonds. The predicted octanol–water partition coefficient (Wildman–Crippen LogP) is 3.83. The van der Waals surface area contributed by atoms with Crippen molar-refractivity contribution in [2.75, 3.05) is 45.8 Å². The van der Waals surface area contributed by atoms with Gasteiger partial charge in [-0.2, -0.15) is 0 Å². The van der Waals surface area contributed by atoms with Gasteiger partial charge < -0.3 is 19.5 Å². The van der Waals surface area contributed by atoms with E-state index in [-0.39, 0.29) is 0 Å². The molecule has 0 saturated carbocycles. The Labute approximate surface area is 194 Å². The number of nitrogens with one attached hydrogen (secondary N) is 1. The molecule has 6 bridgehead atoms. The van der Waals surface area contributed by atoms with E-state index in [1.54, 1.807) is 19.5 Å². The third-order valence-electron chi connectivity index (χ3n) is 5.11. The second kappa shape index (κ2) is 11.5. The van der Waals surface area contributed by atoms with Crippen LogP contribution in [0.3, 0.4) is 0 Å². The Hall–Kier alpha value is -3.33. The zero-order valence-electron chi connectivity index (χ0n) is 19.0. The summed E-state index contributed by atoms with van der Waals surface area (Å²) in [7, 11) is 3.74. The summed E-state index contributed by atoms with van der Waals surface area (Å²) in [6.07, 6.45) is 9.52. The number of benzene rings is 1. The number of aromatic nitrogens is 3. The van der Waals surface area contributed by atoms with E-state index in [0.717, 1.165) is 46.9 Å². The molecule has 8 nitrogen and oxygen atoms in total. The van der Waals surface area contributed by atoms with Gasteiger partial charge in [-0.1, -0.05) is 12.2 Å². The van der Waals surface area contributed by atoms with Crippen molar-refractivity contribution in [2.24, 2.45) is 0 Å². The van der Waals surface area contributed by atoms with Crippen molar-refractivity contribution in [2.45, 2.75) is 13.2 Å². The molecule has 33 heavy (non-hydrogen) atoms. The smallest absolute Gasteiger partial charge is 0.227 e. The molecule has 0 unspecified atom stereocenters. The topological polar surface area (TPSA) is 81.6 Å². The monoisotopic (exact) mass is 447 g/mol. The fourth-order valence-corrected chi connectivity index (χ4v) is 3.49.